The van der Waals surface area contributed by atoms with E-state index in [0.717, 1.165) is 68.8 Å². The Hall–Kier alpha value is -3.22. The van der Waals surface area contributed by atoms with Crippen LogP contribution in [0.15, 0.2) is 84.9 Å². The summed E-state index contributed by atoms with van der Waals surface area (Å²) in [6.45, 7) is 0. The van der Waals surface area contributed by atoms with Gasteiger partial charge in [-0.05, 0) is 71.5 Å². The van der Waals surface area contributed by atoms with Crippen LogP contribution in [-0.4, -0.2) is 25.8 Å². The van der Waals surface area contributed by atoms with Gasteiger partial charge < -0.3 is 9.47 Å². The molecular weight excluding hydrogens is 608 g/mol. The number of rotatable bonds is 2. The number of benzene rings is 4. The van der Waals surface area contributed by atoms with Gasteiger partial charge in [0.2, 0.25) is 0 Å². The average Bonchev–Trinajstić information content (AvgIpc) is 3.13. The summed E-state index contributed by atoms with van der Waals surface area (Å²) in [5, 5.41) is 0. The smallest absolute Gasteiger partial charge is 0.193 e. The molecule has 4 aromatic carbocycles. The number of ketones is 2. The first-order chi connectivity index (χ1) is 18.4. The lowest BCUT2D eigenvalue weighted by molar-refractivity contribution is 0.103. The number of halogens is 2. The van der Waals surface area contributed by atoms with Crippen LogP contribution >= 0.6 is 31.9 Å². The Kier molecular flexibility index (Phi) is 7.82. The van der Waals surface area contributed by atoms with Gasteiger partial charge in [0.25, 0.3) is 0 Å². The SMILES string of the molecule is COc1ccc2c(c1)C(Br)Cc1ccccc1C2=O.COc1ccc2c(c1)CC(Br)c1ccccc1C2=O. The predicted molar refractivity (Wildman–Crippen MR) is 156 cm³/mol. The van der Waals surface area contributed by atoms with E-state index < -0.39 is 0 Å². The van der Waals surface area contributed by atoms with Crippen molar-refractivity contribution < 1.29 is 19.1 Å². The minimum absolute atomic E-state index is 0.0928. The molecule has 0 saturated heterocycles. The molecule has 0 aromatic heterocycles. The van der Waals surface area contributed by atoms with Crippen LogP contribution < -0.4 is 9.47 Å². The van der Waals surface area contributed by atoms with Crippen molar-refractivity contribution >= 4 is 43.4 Å². The van der Waals surface area contributed by atoms with E-state index in [1.54, 1.807) is 14.2 Å². The molecule has 6 rings (SSSR count). The number of carbonyl (C=O) groups excluding carboxylic acids is 2. The number of methoxy groups -OCH3 is 2. The number of ether oxygens (including phenoxy) is 2. The Morgan fingerprint density at radius 3 is 1.79 bits per heavy atom. The van der Waals surface area contributed by atoms with E-state index in [9.17, 15) is 9.59 Å². The number of hydrogen-bond acceptors (Lipinski definition) is 4. The highest BCUT2D eigenvalue weighted by atomic mass is 79.9. The minimum Gasteiger partial charge on any atom is -0.497 e. The summed E-state index contributed by atoms with van der Waals surface area (Å²) in [5.74, 6) is 1.75. The predicted octanol–water partition coefficient (Wildman–Crippen LogP) is 7.84. The summed E-state index contributed by atoms with van der Waals surface area (Å²) < 4.78 is 10.5. The summed E-state index contributed by atoms with van der Waals surface area (Å²) in [6, 6.07) is 26.9. The molecule has 0 N–H and O–H groups in total. The molecule has 0 aliphatic heterocycles. The summed E-state index contributed by atoms with van der Waals surface area (Å²) >= 11 is 7.38. The van der Waals surface area contributed by atoms with Crippen molar-refractivity contribution in [2.24, 2.45) is 0 Å². The summed E-state index contributed by atoms with van der Waals surface area (Å²) in [4.78, 5) is 25.5. The van der Waals surface area contributed by atoms with Crippen molar-refractivity contribution in [1.82, 2.24) is 0 Å². The standard InChI is InChI=1S/2C16H13BrO2/c1-19-11-6-7-12-10(8-11)9-15(17)13-4-2-3-5-14(13)16(12)18;1-19-11-6-7-13-14(9-11)15(17)8-10-4-2-3-5-12(10)16(13)18/h2-8,15H,9H2,1H3;2-7,9,15H,8H2,1H3. The fourth-order valence-electron chi connectivity index (χ4n) is 5.01. The van der Waals surface area contributed by atoms with Crippen LogP contribution in [0.3, 0.4) is 0 Å². The van der Waals surface area contributed by atoms with Gasteiger partial charge >= 0.3 is 0 Å². The minimum atomic E-state index is 0.0928. The molecule has 38 heavy (non-hydrogen) atoms. The zero-order valence-electron chi connectivity index (χ0n) is 21.0. The van der Waals surface area contributed by atoms with Crippen molar-refractivity contribution in [2.75, 3.05) is 14.2 Å². The molecule has 0 fully saturated rings. The van der Waals surface area contributed by atoms with Gasteiger partial charge in [0.05, 0.1) is 14.2 Å². The first kappa shape index (κ1) is 26.4. The van der Waals surface area contributed by atoms with Crippen molar-refractivity contribution in [1.29, 1.82) is 0 Å². The highest BCUT2D eigenvalue weighted by Gasteiger charge is 2.27. The highest BCUT2D eigenvalue weighted by Crippen LogP contribution is 2.38. The topological polar surface area (TPSA) is 52.6 Å². The second kappa shape index (κ2) is 11.3. The van der Waals surface area contributed by atoms with E-state index in [1.165, 1.54) is 0 Å². The van der Waals surface area contributed by atoms with Gasteiger partial charge in [0, 0.05) is 31.9 Å². The van der Waals surface area contributed by atoms with E-state index >= 15 is 0 Å². The van der Waals surface area contributed by atoms with Crippen LogP contribution in [0.5, 0.6) is 11.5 Å². The van der Waals surface area contributed by atoms with Gasteiger partial charge in [-0.25, -0.2) is 0 Å². The molecule has 6 heteroatoms. The van der Waals surface area contributed by atoms with Gasteiger partial charge in [-0.15, -0.1) is 0 Å². The zero-order chi connectivity index (χ0) is 26.8. The molecule has 0 bridgehead atoms. The van der Waals surface area contributed by atoms with Crippen LogP contribution in [0.25, 0.3) is 0 Å². The second-order valence-corrected chi connectivity index (χ2v) is 11.4. The van der Waals surface area contributed by atoms with E-state index in [2.05, 4.69) is 31.9 Å². The lowest BCUT2D eigenvalue weighted by Gasteiger charge is -2.11. The van der Waals surface area contributed by atoms with E-state index in [1.807, 2.05) is 84.9 Å². The van der Waals surface area contributed by atoms with Crippen LogP contribution in [0.1, 0.15) is 63.8 Å². The van der Waals surface area contributed by atoms with Gasteiger partial charge in [0.15, 0.2) is 11.6 Å². The monoisotopic (exact) mass is 632 g/mol. The summed E-state index contributed by atoms with van der Waals surface area (Å²) in [6.07, 6.45) is 1.59. The molecule has 192 valence electrons. The van der Waals surface area contributed by atoms with E-state index in [4.69, 9.17) is 9.47 Å². The fraction of sp³-hybridized carbons (Fsp3) is 0.188. The van der Waals surface area contributed by atoms with Gasteiger partial charge in [-0.2, -0.15) is 0 Å². The van der Waals surface area contributed by atoms with Crippen molar-refractivity contribution in [3.05, 3.63) is 129 Å². The largest absolute Gasteiger partial charge is 0.497 e. The maximum absolute atomic E-state index is 12.6. The maximum atomic E-state index is 12.6. The Bertz CT molecular complexity index is 1530. The van der Waals surface area contributed by atoms with Gasteiger partial charge in [0.1, 0.15) is 11.5 Å². The molecule has 0 heterocycles. The molecule has 2 unspecified atom stereocenters. The number of hydrogen-bond donors (Lipinski definition) is 0. The molecule has 2 aliphatic carbocycles. The molecule has 2 atom stereocenters. The van der Waals surface area contributed by atoms with Crippen molar-refractivity contribution in [3.8, 4) is 11.5 Å². The lowest BCUT2D eigenvalue weighted by Crippen LogP contribution is -2.04. The quantitative estimate of drug-likeness (QED) is 0.211. The Morgan fingerprint density at radius 1 is 0.579 bits per heavy atom. The lowest BCUT2D eigenvalue weighted by atomic mass is 9.99. The van der Waals surface area contributed by atoms with Crippen LogP contribution in [0.4, 0.5) is 0 Å². The van der Waals surface area contributed by atoms with Gasteiger partial charge in [-0.3, -0.25) is 9.59 Å². The summed E-state index contributed by atoms with van der Waals surface area (Å²) in [5.41, 5.74) is 7.29. The third-order valence-corrected chi connectivity index (χ3v) is 8.63. The average molecular weight is 634 g/mol. The van der Waals surface area contributed by atoms with Crippen LogP contribution in [-0.2, 0) is 12.8 Å². The maximum Gasteiger partial charge on any atom is 0.193 e. The number of alkyl halides is 2. The van der Waals surface area contributed by atoms with Crippen LogP contribution in [0.2, 0.25) is 0 Å². The van der Waals surface area contributed by atoms with Crippen molar-refractivity contribution in [3.63, 3.8) is 0 Å². The zero-order valence-corrected chi connectivity index (χ0v) is 24.2. The van der Waals surface area contributed by atoms with E-state index in [-0.39, 0.29) is 21.2 Å². The first-order valence-electron chi connectivity index (χ1n) is 12.3. The molecular formula is C32H26Br2O4. The second-order valence-electron chi connectivity index (χ2n) is 9.22. The highest BCUT2D eigenvalue weighted by molar-refractivity contribution is 9.09. The molecule has 4 aromatic rings. The molecule has 0 radical (unpaired) electrons. The third-order valence-electron chi connectivity index (χ3n) is 7.00. The van der Waals surface area contributed by atoms with E-state index in [0.29, 0.717) is 0 Å². The Labute approximate surface area is 239 Å². The van der Waals surface area contributed by atoms with Gasteiger partial charge in [-0.1, -0.05) is 80.4 Å². The number of carbonyl (C=O) groups is 2. The molecule has 0 saturated carbocycles. The van der Waals surface area contributed by atoms with Crippen molar-refractivity contribution in [2.45, 2.75) is 22.5 Å². The Balaban J connectivity index is 0.000000155. The number of fused-ring (bicyclic) bond motifs is 4. The molecule has 2 aliphatic rings. The molecule has 0 spiro atoms. The fourth-order valence-corrected chi connectivity index (χ4v) is 6.49. The normalized spacial score (nSPS) is 17.4. The Morgan fingerprint density at radius 2 is 1.08 bits per heavy atom. The van der Waals surface area contributed by atoms with Crippen LogP contribution in [0, 0.1) is 0 Å². The third kappa shape index (κ3) is 5.07. The first-order valence-corrected chi connectivity index (χ1v) is 14.1. The summed E-state index contributed by atoms with van der Waals surface area (Å²) in [7, 11) is 3.28. The molecule has 0 amide bonds. The molecule has 4 nitrogen and oxygen atoms in total.